The van der Waals surface area contributed by atoms with E-state index in [9.17, 15) is 9.59 Å². The van der Waals surface area contributed by atoms with Gasteiger partial charge in [0.1, 0.15) is 6.42 Å². The standard InChI is InChI=1S/C23H21ClN2O2/c1-17-20(24)13-8-14-21(17)25-22(27)15-23(28)26(19-11-6-3-7-12-19)16-18-9-4-2-5-10-18/h2-14H,15-16H2,1H3,(H,25,27). The maximum absolute atomic E-state index is 12.9. The van der Waals surface area contributed by atoms with Gasteiger partial charge >= 0.3 is 0 Å². The molecule has 0 bridgehead atoms. The zero-order valence-corrected chi connectivity index (χ0v) is 16.3. The van der Waals surface area contributed by atoms with E-state index in [2.05, 4.69) is 5.32 Å². The fraction of sp³-hybridized carbons (Fsp3) is 0.130. The first-order chi connectivity index (χ1) is 13.5. The third-order valence-electron chi connectivity index (χ3n) is 4.41. The largest absolute Gasteiger partial charge is 0.325 e. The zero-order chi connectivity index (χ0) is 19.9. The topological polar surface area (TPSA) is 49.4 Å². The number of nitrogens with one attached hydrogen (secondary N) is 1. The molecule has 3 rings (SSSR count). The van der Waals surface area contributed by atoms with Gasteiger partial charge in [-0.3, -0.25) is 9.59 Å². The van der Waals surface area contributed by atoms with Crippen LogP contribution in [0.2, 0.25) is 5.02 Å². The Labute approximate surface area is 169 Å². The molecular formula is C23H21ClN2O2. The molecule has 3 aromatic carbocycles. The van der Waals surface area contributed by atoms with Crippen LogP contribution in [0.4, 0.5) is 11.4 Å². The molecule has 0 aromatic heterocycles. The number of para-hydroxylation sites is 1. The summed E-state index contributed by atoms with van der Waals surface area (Å²) in [5, 5.41) is 3.35. The van der Waals surface area contributed by atoms with Crippen LogP contribution in [0, 0.1) is 6.92 Å². The molecule has 28 heavy (non-hydrogen) atoms. The fourth-order valence-corrected chi connectivity index (χ4v) is 3.04. The molecule has 3 aromatic rings. The second-order valence-electron chi connectivity index (χ2n) is 6.44. The highest BCUT2D eigenvalue weighted by molar-refractivity contribution is 6.31. The van der Waals surface area contributed by atoms with Gasteiger partial charge in [0.2, 0.25) is 11.8 Å². The minimum Gasteiger partial charge on any atom is -0.325 e. The van der Waals surface area contributed by atoms with Gasteiger partial charge in [-0.15, -0.1) is 0 Å². The molecule has 0 heterocycles. The lowest BCUT2D eigenvalue weighted by Gasteiger charge is -2.23. The first kappa shape index (κ1) is 19.6. The quantitative estimate of drug-likeness (QED) is 0.585. The van der Waals surface area contributed by atoms with Crippen LogP contribution in [-0.2, 0) is 16.1 Å². The second kappa shape index (κ2) is 9.20. The Morgan fingerprint density at radius 3 is 2.21 bits per heavy atom. The highest BCUT2D eigenvalue weighted by Crippen LogP contribution is 2.23. The van der Waals surface area contributed by atoms with Crippen molar-refractivity contribution in [3.05, 3.63) is 95.0 Å². The molecule has 0 aliphatic rings. The highest BCUT2D eigenvalue weighted by atomic mass is 35.5. The maximum Gasteiger partial charge on any atom is 0.236 e. The Kier molecular flexibility index (Phi) is 6.45. The summed E-state index contributed by atoms with van der Waals surface area (Å²) in [6, 6.07) is 24.3. The molecule has 0 atom stereocenters. The number of benzene rings is 3. The Morgan fingerprint density at radius 1 is 0.893 bits per heavy atom. The molecule has 2 amide bonds. The number of hydrogen-bond acceptors (Lipinski definition) is 2. The smallest absolute Gasteiger partial charge is 0.236 e. The van der Waals surface area contributed by atoms with Crippen LogP contribution in [0.5, 0.6) is 0 Å². The van der Waals surface area contributed by atoms with Crippen LogP contribution in [-0.4, -0.2) is 11.8 Å². The normalized spacial score (nSPS) is 10.4. The molecule has 0 aliphatic heterocycles. The van der Waals surface area contributed by atoms with Crippen LogP contribution in [0.15, 0.2) is 78.9 Å². The Hall–Kier alpha value is -3.11. The number of hydrogen-bond donors (Lipinski definition) is 1. The molecule has 0 fully saturated rings. The summed E-state index contributed by atoms with van der Waals surface area (Å²) < 4.78 is 0. The Morgan fingerprint density at radius 2 is 1.54 bits per heavy atom. The van der Waals surface area contributed by atoms with Crippen molar-refractivity contribution in [2.24, 2.45) is 0 Å². The number of nitrogens with zero attached hydrogens (tertiary/aromatic N) is 1. The van der Waals surface area contributed by atoms with Crippen molar-refractivity contribution in [1.29, 1.82) is 0 Å². The van der Waals surface area contributed by atoms with E-state index in [0.717, 1.165) is 16.8 Å². The minimum absolute atomic E-state index is 0.256. The van der Waals surface area contributed by atoms with Crippen molar-refractivity contribution >= 4 is 34.8 Å². The molecule has 142 valence electrons. The molecule has 0 saturated heterocycles. The third-order valence-corrected chi connectivity index (χ3v) is 4.82. The predicted octanol–water partition coefficient (Wildman–Crippen LogP) is 5.21. The second-order valence-corrected chi connectivity index (χ2v) is 6.85. The summed E-state index contributed by atoms with van der Waals surface area (Å²) >= 11 is 6.10. The van der Waals surface area contributed by atoms with Crippen molar-refractivity contribution in [3.63, 3.8) is 0 Å². The van der Waals surface area contributed by atoms with Crippen LogP contribution in [0.1, 0.15) is 17.5 Å². The Balaban J connectivity index is 1.75. The number of carbonyl (C=O) groups is 2. The zero-order valence-electron chi connectivity index (χ0n) is 15.6. The number of carbonyl (C=O) groups excluding carboxylic acids is 2. The Bertz CT molecular complexity index is 959. The van der Waals surface area contributed by atoms with Crippen molar-refractivity contribution in [1.82, 2.24) is 0 Å². The first-order valence-corrected chi connectivity index (χ1v) is 9.36. The van der Waals surface area contributed by atoms with Crippen LogP contribution < -0.4 is 10.2 Å². The van der Waals surface area contributed by atoms with Gasteiger partial charge in [0.15, 0.2) is 0 Å². The molecule has 1 N–H and O–H groups in total. The van der Waals surface area contributed by atoms with E-state index in [1.54, 1.807) is 23.1 Å². The minimum atomic E-state index is -0.371. The van der Waals surface area contributed by atoms with Crippen molar-refractivity contribution in [2.45, 2.75) is 19.9 Å². The lowest BCUT2D eigenvalue weighted by Crippen LogP contribution is -2.33. The summed E-state index contributed by atoms with van der Waals surface area (Å²) in [4.78, 5) is 27.0. The molecule has 5 heteroatoms. The molecule has 0 radical (unpaired) electrons. The monoisotopic (exact) mass is 392 g/mol. The lowest BCUT2D eigenvalue weighted by molar-refractivity contribution is -0.125. The van der Waals surface area contributed by atoms with E-state index in [1.807, 2.05) is 67.6 Å². The molecule has 0 unspecified atom stereocenters. The van der Waals surface area contributed by atoms with E-state index in [1.165, 1.54) is 0 Å². The van der Waals surface area contributed by atoms with Crippen LogP contribution in [0.25, 0.3) is 0 Å². The lowest BCUT2D eigenvalue weighted by atomic mass is 10.1. The summed E-state index contributed by atoms with van der Waals surface area (Å²) in [5.41, 5.74) is 3.13. The van der Waals surface area contributed by atoms with Crippen LogP contribution >= 0.6 is 11.6 Å². The van der Waals surface area contributed by atoms with E-state index >= 15 is 0 Å². The van der Waals surface area contributed by atoms with Gasteiger partial charge in [0, 0.05) is 16.4 Å². The number of halogens is 1. The van der Waals surface area contributed by atoms with Gasteiger partial charge < -0.3 is 10.2 Å². The average molecular weight is 393 g/mol. The average Bonchev–Trinajstić information content (AvgIpc) is 2.71. The molecule has 0 spiro atoms. The first-order valence-electron chi connectivity index (χ1n) is 8.99. The molecule has 0 aliphatic carbocycles. The molecular weight excluding hydrogens is 372 g/mol. The predicted molar refractivity (Wildman–Crippen MR) is 114 cm³/mol. The summed E-state index contributed by atoms with van der Waals surface area (Å²) in [6.07, 6.45) is -0.256. The van der Waals surface area contributed by atoms with Crippen molar-refractivity contribution < 1.29 is 9.59 Å². The van der Waals surface area contributed by atoms with E-state index in [4.69, 9.17) is 11.6 Å². The number of amides is 2. The van der Waals surface area contributed by atoms with Gasteiger partial charge in [-0.25, -0.2) is 0 Å². The van der Waals surface area contributed by atoms with Crippen molar-refractivity contribution in [2.75, 3.05) is 10.2 Å². The summed E-state index contributed by atoms with van der Waals surface area (Å²) in [5.74, 6) is -0.642. The van der Waals surface area contributed by atoms with E-state index in [0.29, 0.717) is 17.3 Å². The number of anilines is 2. The van der Waals surface area contributed by atoms with Gasteiger partial charge in [-0.05, 0) is 42.3 Å². The van der Waals surface area contributed by atoms with E-state index < -0.39 is 0 Å². The van der Waals surface area contributed by atoms with E-state index in [-0.39, 0.29) is 18.2 Å². The maximum atomic E-state index is 12.9. The highest BCUT2D eigenvalue weighted by Gasteiger charge is 2.20. The molecule has 0 saturated carbocycles. The third kappa shape index (κ3) is 4.99. The fourth-order valence-electron chi connectivity index (χ4n) is 2.87. The van der Waals surface area contributed by atoms with Crippen molar-refractivity contribution in [3.8, 4) is 0 Å². The SMILES string of the molecule is Cc1c(Cl)cccc1NC(=O)CC(=O)N(Cc1ccccc1)c1ccccc1. The summed E-state index contributed by atoms with van der Waals surface area (Å²) in [7, 11) is 0. The summed E-state index contributed by atoms with van der Waals surface area (Å²) in [6.45, 7) is 2.22. The van der Waals surface area contributed by atoms with Gasteiger partial charge in [-0.2, -0.15) is 0 Å². The molecule has 4 nitrogen and oxygen atoms in total. The van der Waals surface area contributed by atoms with Gasteiger partial charge in [0.05, 0.1) is 6.54 Å². The van der Waals surface area contributed by atoms with Crippen LogP contribution in [0.3, 0.4) is 0 Å². The number of rotatable bonds is 6. The van der Waals surface area contributed by atoms with Gasteiger partial charge in [-0.1, -0.05) is 66.2 Å². The van der Waals surface area contributed by atoms with Gasteiger partial charge in [0.25, 0.3) is 0 Å².